The number of hydrogen-bond donors (Lipinski definition) is 1. The third-order valence-electron chi connectivity index (χ3n) is 5.71. The Kier molecular flexibility index (Phi) is 5.71. The highest BCUT2D eigenvalue weighted by atomic mass is 35.5. The van der Waals surface area contributed by atoms with Gasteiger partial charge in [-0.2, -0.15) is 5.10 Å². The van der Waals surface area contributed by atoms with E-state index in [-0.39, 0.29) is 17.1 Å². The summed E-state index contributed by atoms with van der Waals surface area (Å²) < 4.78 is 1.85. The summed E-state index contributed by atoms with van der Waals surface area (Å²) in [6.45, 7) is 6.65. The van der Waals surface area contributed by atoms with Gasteiger partial charge in [0.05, 0.1) is 22.6 Å². The van der Waals surface area contributed by atoms with Gasteiger partial charge in [-0.15, -0.1) is 0 Å². The van der Waals surface area contributed by atoms with Crippen LogP contribution in [0.25, 0.3) is 5.69 Å². The van der Waals surface area contributed by atoms with E-state index >= 15 is 0 Å². The molecule has 0 saturated heterocycles. The number of rotatable bonds is 5. The monoisotopic (exact) mass is 435 g/mol. The van der Waals surface area contributed by atoms with E-state index in [0.29, 0.717) is 23.6 Å². The second-order valence-electron chi connectivity index (χ2n) is 8.94. The van der Waals surface area contributed by atoms with E-state index in [0.717, 1.165) is 41.0 Å². The molecule has 1 heterocycles. The SMILES string of the molecule is Cc1nn(-c2ccc(C(=O)NCCc3ccc(Cl)cc3)cc2)c2c1C(=O)CC(C)(C)C2. The summed E-state index contributed by atoms with van der Waals surface area (Å²) in [4.78, 5) is 25.1. The molecule has 0 radical (unpaired) electrons. The lowest BCUT2D eigenvalue weighted by atomic mass is 9.75. The van der Waals surface area contributed by atoms with Gasteiger partial charge in [0.15, 0.2) is 5.78 Å². The van der Waals surface area contributed by atoms with E-state index in [2.05, 4.69) is 24.3 Å². The summed E-state index contributed by atoms with van der Waals surface area (Å²) in [6, 6.07) is 15.0. The number of aryl methyl sites for hydroxylation is 1. The van der Waals surface area contributed by atoms with Crippen LogP contribution in [0.1, 0.15) is 57.9 Å². The first-order valence-electron chi connectivity index (χ1n) is 10.5. The minimum atomic E-state index is -0.115. The van der Waals surface area contributed by atoms with Crippen LogP contribution in [-0.4, -0.2) is 28.0 Å². The van der Waals surface area contributed by atoms with Gasteiger partial charge in [0.2, 0.25) is 0 Å². The standard InChI is InChI=1S/C25H26ClN3O2/c1-16-23-21(14-25(2,3)15-22(23)30)29(28-16)20-10-6-18(7-11-20)24(31)27-13-12-17-4-8-19(26)9-5-17/h4-11H,12-15H2,1-3H3,(H,27,31). The first-order chi connectivity index (χ1) is 14.7. The quantitative estimate of drug-likeness (QED) is 0.615. The maximum absolute atomic E-state index is 12.6. The van der Waals surface area contributed by atoms with Crippen molar-refractivity contribution in [3.05, 3.63) is 81.6 Å². The summed E-state index contributed by atoms with van der Waals surface area (Å²) in [7, 11) is 0. The van der Waals surface area contributed by atoms with Gasteiger partial charge in [-0.25, -0.2) is 4.68 Å². The van der Waals surface area contributed by atoms with E-state index in [1.54, 1.807) is 12.1 Å². The number of nitrogens with zero attached hydrogens (tertiary/aromatic N) is 2. The molecule has 1 aliphatic carbocycles. The maximum atomic E-state index is 12.6. The van der Waals surface area contributed by atoms with Crippen LogP contribution in [0.3, 0.4) is 0 Å². The molecule has 1 amide bonds. The summed E-state index contributed by atoms with van der Waals surface area (Å²) in [5.74, 6) is 0.0437. The Hall–Kier alpha value is -2.92. The second-order valence-corrected chi connectivity index (χ2v) is 9.38. The number of hydrogen-bond acceptors (Lipinski definition) is 3. The first-order valence-corrected chi connectivity index (χ1v) is 10.9. The van der Waals surface area contributed by atoms with E-state index in [4.69, 9.17) is 11.6 Å². The number of carbonyl (C=O) groups excluding carboxylic acids is 2. The molecule has 0 atom stereocenters. The number of nitrogens with one attached hydrogen (secondary N) is 1. The Morgan fingerprint density at radius 2 is 1.77 bits per heavy atom. The highest BCUT2D eigenvalue weighted by Crippen LogP contribution is 2.36. The molecule has 0 aliphatic heterocycles. The molecule has 0 bridgehead atoms. The summed E-state index contributed by atoms with van der Waals surface area (Å²) in [6.07, 6.45) is 2.08. The van der Waals surface area contributed by atoms with Crippen molar-refractivity contribution in [1.29, 1.82) is 0 Å². The zero-order valence-electron chi connectivity index (χ0n) is 18.0. The average molecular weight is 436 g/mol. The predicted molar refractivity (Wildman–Crippen MR) is 122 cm³/mol. The van der Waals surface area contributed by atoms with Crippen LogP contribution < -0.4 is 5.32 Å². The first kappa shape index (κ1) is 21.3. The lowest BCUT2D eigenvalue weighted by Crippen LogP contribution is -2.28. The average Bonchev–Trinajstić information content (AvgIpc) is 3.04. The van der Waals surface area contributed by atoms with Gasteiger partial charge in [0.25, 0.3) is 5.91 Å². The number of Topliss-reactive ketones (excluding diaryl/α,β-unsaturated/α-hetero) is 1. The van der Waals surface area contributed by atoms with Gasteiger partial charge in [-0.1, -0.05) is 37.6 Å². The number of ketones is 1. The van der Waals surface area contributed by atoms with Gasteiger partial charge in [-0.3, -0.25) is 9.59 Å². The Balaban J connectivity index is 1.46. The number of amides is 1. The van der Waals surface area contributed by atoms with Crippen LogP contribution in [0.2, 0.25) is 5.02 Å². The maximum Gasteiger partial charge on any atom is 0.251 e. The number of carbonyl (C=O) groups is 2. The van der Waals surface area contributed by atoms with Crippen molar-refractivity contribution in [2.75, 3.05) is 6.54 Å². The lowest BCUT2D eigenvalue weighted by molar-refractivity contribution is 0.0908. The van der Waals surface area contributed by atoms with Crippen molar-refractivity contribution in [3.63, 3.8) is 0 Å². The highest BCUT2D eigenvalue weighted by Gasteiger charge is 2.35. The molecule has 4 rings (SSSR count). The molecule has 5 nitrogen and oxygen atoms in total. The van der Waals surface area contributed by atoms with E-state index in [1.807, 2.05) is 48.0 Å². The van der Waals surface area contributed by atoms with Crippen LogP contribution in [0.5, 0.6) is 0 Å². The van der Waals surface area contributed by atoms with E-state index in [1.165, 1.54) is 0 Å². The van der Waals surface area contributed by atoms with Crippen molar-refractivity contribution >= 4 is 23.3 Å². The summed E-state index contributed by atoms with van der Waals surface area (Å²) >= 11 is 5.90. The zero-order valence-corrected chi connectivity index (χ0v) is 18.8. The molecule has 1 N–H and O–H groups in total. The smallest absolute Gasteiger partial charge is 0.251 e. The molecule has 3 aromatic rings. The molecule has 31 heavy (non-hydrogen) atoms. The Labute approximate surface area is 187 Å². The van der Waals surface area contributed by atoms with Crippen molar-refractivity contribution in [3.8, 4) is 5.69 Å². The molecule has 0 spiro atoms. The largest absolute Gasteiger partial charge is 0.352 e. The lowest BCUT2D eigenvalue weighted by Gasteiger charge is -2.29. The van der Waals surface area contributed by atoms with E-state index in [9.17, 15) is 9.59 Å². The van der Waals surface area contributed by atoms with E-state index < -0.39 is 0 Å². The molecular formula is C25H26ClN3O2. The summed E-state index contributed by atoms with van der Waals surface area (Å²) in [5, 5.41) is 8.28. The molecule has 160 valence electrons. The molecule has 6 heteroatoms. The molecule has 0 unspecified atom stereocenters. The second kappa shape index (κ2) is 8.31. The van der Waals surface area contributed by atoms with Crippen molar-refractivity contribution < 1.29 is 9.59 Å². The van der Waals surface area contributed by atoms with Crippen molar-refractivity contribution in [2.24, 2.45) is 5.41 Å². The summed E-state index contributed by atoms with van der Waals surface area (Å²) in [5.41, 5.74) is 4.96. The minimum absolute atomic E-state index is 0.0851. The fourth-order valence-electron chi connectivity index (χ4n) is 4.18. The number of halogens is 1. The minimum Gasteiger partial charge on any atom is -0.352 e. The third-order valence-corrected chi connectivity index (χ3v) is 5.96. The molecule has 0 fully saturated rings. The normalized spacial score (nSPS) is 14.9. The van der Waals surface area contributed by atoms with Crippen LogP contribution in [0, 0.1) is 12.3 Å². The van der Waals surface area contributed by atoms with Gasteiger partial charge >= 0.3 is 0 Å². The van der Waals surface area contributed by atoms with Crippen molar-refractivity contribution in [1.82, 2.24) is 15.1 Å². The molecule has 1 aromatic heterocycles. The van der Waals surface area contributed by atoms with Gasteiger partial charge in [0.1, 0.15) is 0 Å². The Morgan fingerprint density at radius 3 is 2.45 bits per heavy atom. The number of benzene rings is 2. The molecular weight excluding hydrogens is 410 g/mol. The van der Waals surface area contributed by atoms with Crippen LogP contribution >= 0.6 is 11.6 Å². The molecule has 2 aromatic carbocycles. The van der Waals surface area contributed by atoms with Crippen LogP contribution in [-0.2, 0) is 12.8 Å². The zero-order chi connectivity index (χ0) is 22.2. The predicted octanol–water partition coefficient (Wildman–Crippen LogP) is 4.96. The van der Waals surface area contributed by atoms with Crippen LogP contribution in [0.15, 0.2) is 48.5 Å². The van der Waals surface area contributed by atoms with Gasteiger partial charge in [-0.05, 0) is 67.1 Å². The fourth-order valence-corrected chi connectivity index (χ4v) is 4.31. The van der Waals surface area contributed by atoms with Crippen molar-refractivity contribution in [2.45, 2.75) is 40.0 Å². The topological polar surface area (TPSA) is 64.0 Å². The number of aromatic nitrogens is 2. The molecule has 1 aliphatic rings. The van der Waals surface area contributed by atoms with Crippen LogP contribution in [0.4, 0.5) is 0 Å². The van der Waals surface area contributed by atoms with Gasteiger partial charge < -0.3 is 5.32 Å². The van der Waals surface area contributed by atoms with Gasteiger partial charge in [0, 0.05) is 23.6 Å². The molecule has 0 saturated carbocycles. The number of fused-ring (bicyclic) bond motifs is 1. The third kappa shape index (κ3) is 4.57. The highest BCUT2D eigenvalue weighted by molar-refractivity contribution is 6.30. The fraction of sp³-hybridized carbons (Fsp3) is 0.320. The Bertz CT molecular complexity index is 1130. The Morgan fingerprint density at radius 1 is 1.10 bits per heavy atom.